The zero-order valence-corrected chi connectivity index (χ0v) is 29.4. The van der Waals surface area contributed by atoms with Crippen molar-refractivity contribution < 1.29 is 28.7 Å². The molecule has 1 aromatic rings. The topological polar surface area (TPSA) is 194 Å². The number of aromatic nitrogens is 3. The summed E-state index contributed by atoms with van der Waals surface area (Å²) in [4.78, 5) is 83.7. The average Bonchev–Trinajstić information content (AvgIpc) is 4.00. The fourth-order valence-electron chi connectivity index (χ4n) is 5.59. The molecule has 0 unspecified atom stereocenters. The number of carbonyl (C=O) groups is 4. The Balaban J connectivity index is 0.000000223. The van der Waals surface area contributed by atoms with Gasteiger partial charge in [0, 0.05) is 73.7 Å². The summed E-state index contributed by atoms with van der Waals surface area (Å²) in [7, 11) is 2.59. The van der Waals surface area contributed by atoms with Gasteiger partial charge in [-0.3, -0.25) is 24.2 Å². The molecule has 2 aliphatic heterocycles. The van der Waals surface area contributed by atoms with Crippen molar-refractivity contribution in [2.45, 2.75) is 58.3 Å². The van der Waals surface area contributed by atoms with E-state index in [1.54, 1.807) is 12.2 Å². The second-order valence-corrected chi connectivity index (χ2v) is 12.6. The second-order valence-electron chi connectivity index (χ2n) is 11.6. The highest BCUT2D eigenvalue weighted by Gasteiger charge is 2.64. The molecular weight excluding hydrogens is 695 g/mol. The highest BCUT2D eigenvalue weighted by molar-refractivity contribution is 6.19. The second kappa shape index (κ2) is 17.6. The number of esters is 2. The zero-order chi connectivity index (χ0) is 36.4. The van der Waals surface area contributed by atoms with E-state index < -0.39 is 39.8 Å². The number of fused-ring (bicyclic) bond motifs is 1. The van der Waals surface area contributed by atoms with Crippen LogP contribution in [0, 0.1) is 22.7 Å². The zero-order valence-electron chi connectivity index (χ0n) is 27.1. The van der Waals surface area contributed by atoms with Crippen molar-refractivity contribution in [1.82, 2.24) is 17.2 Å². The third-order valence-corrected chi connectivity index (χ3v) is 9.31. The molecular formula is C30H41Cl3N6O9. The summed E-state index contributed by atoms with van der Waals surface area (Å²) in [5, 5.41) is 0. The molecule has 266 valence electrons. The van der Waals surface area contributed by atoms with Crippen LogP contribution in [0.4, 0.5) is 0 Å². The van der Waals surface area contributed by atoms with Crippen LogP contribution in [0.1, 0.15) is 58.3 Å². The molecule has 2 N–H and O–H groups in total. The summed E-state index contributed by atoms with van der Waals surface area (Å²) in [6, 6.07) is 0. The fraction of sp³-hybridized carbons (Fsp3) is 0.600. The van der Waals surface area contributed by atoms with E-state index in [-0.39, 0.29) is 42.3 Å². The number of nitrogens with zero attached hydrogens (tertiary/aromatic N) is 5. The van der Waals surface area contributed by atoms with Gasteiger partial charge in [0.15, 0.2) is 5.41 Å². The maximum Gasteiger partial charge on any atom is 0.366 e. The molecule has 4 aliphatic rings. The first-order chi connectivity index (χ1) is 22.6. The molecule has 18 heteroatoms. The molecule has 2 aliphatic carbocycles. The molecule has 0 radical (unpaired) electrons. The lowest BCUT2D eigenvalue weighted by Crippen LogP contribution is -2.47. The molecule has 0 bridgehead atoms. The predicted octanol–water partition coefficient (Wildman–Crippen LogP) is 2.01. The number of amidine groups is 1. The van der Waals surface area contributed by atoms with E-state index in [2.05, 4.69) is 32.5 Å². The largest absolute Gasteiger partial charge is 0.469 e. The first kappa shape index (κ1) is 40.5. The lowest BCUT2D eigenvalue weighted by atomic mass is 9.97. The Hall–Kier alpha value is -3.69. The number of allylic oxidation sites excluding steroid dienone is 2. The number of aliphatic imine (C=N–C) groups is 1. The number of hydrogen-bond donors (Lipinski definition) is 1. The van der Waals surface area contributed by atoms with E-state index in [4.69, 9.17) is 41.1 Å². The van der Waals surface area contributed by atoms with E-state index in [1.807, 2.05) is 0 Å². The molecule has 0 aromatic carbocycles. The first-order valence-electron chi connectivity index (χ1n) is 15.1. The van der Waals surface area contributed by atoms with Gasteiger partial charge in [0.1, 0.15) is 5.78 Å². The van der Waals surface area contributed by atoms with Gasteiger partial charge in [0.05, 0.1) is 25.5 Å². The van der Waals surface area contributed by atoms with Gasteiger partial charge in [-0.25, -0.2) is 14.4 Å². The Morgan fingerprint density at radius 1 is 0.854 bits per heavy atom. The smallest absolute Gasteiger partial charge is 0.366 e. The van der Waals surface area contributed by atoms with Gasteiger partial charge >= 0.3 is 29.0 Å². The summed E-state index contributed by atoms with van der Waals surface area (Å²) < 4.78 is 9.41. The molecule has 15 nitrogen and oxygen atoms in total. The standard InChI is InChI=1S/C10H14O3.C9H16N2.C8H11NO3.C3Cl3N3O3/c1-4-8-6-10(8,5-7(2)11)9(12)13-3;1-2-5-9-10-6-4-8-11(9)7-3-1;1-3-5-4-8(5,6(9)10)7(11)12-2;4-7-1(10)8(5)3(12)9(6)2(7)11/h4,8H,1,5-6H2,2-3H3;1-8H2;3,5H,1,4H2,2H3,(H2,9,10);/t8-,10+;;5-,8+;/m0.0./s1. The molecule has 1 amide bonds. The normalized spacial score (nSPS) is 24.8. The molecule has 48 heavy (non-hydrogen) atoms. The van der Waals surface area contributed by atoms with E-state index in [1.165, 1.54) is 72.2 Å². The van der Waals surface area contributed by atoms with Crippen LogP contribution in [-0.2, 0) is 28.7 Å². The summed E-state index contributed by atoms with van der Waals surface area (Å²) in [5.41, 5.74) is -0.0934. The molecule has 2 saturated carbocycles. The number of carbonyl (C=O) groups excluding carboxylic acids is 4. The van der Waals surface area contributed by atoms with E-state index in [0.717, 1.165) is 6.54 Å². The first-order valence-corrected chi connectivity index (χ1v) is 16.1. The number of ether oxygens (including phenoxy) is 2. The van der Waals surface area contributed by atoms with Gasteiger partial charge in [0.25, 0.3) is 0 Å². The molecule has 3 fully saturated rings. The van der Waals surface area contributed by atoms with E-state index in [0.29, 0.717) is 12.8 Å². The number of hydrogen-bond acceptors (Lipinski definition) is 11. The van der Waals surface area contributed by atoms with Gasteiger partial charge in [-0.15, -0.1) is 25.4 Å². The third-order valence-electron chi connectivity index (χ3n) is 8.44. The fourth-order valence-corrected chi connectivity index (χ4v) is 6.16. The quantitative estimate of drug-likeness (QED) is 0.246. The van der Waals surface area contributed by atoms with Crippen molar-refractivity contribution in [2.75, 3.05) is 33.9 Å². The summed E-state index contributed by atoms with van der Waals surface area (Å²) in [6.07, 6.45) is 11.3. The van der Waals surface area contributed by atoms with Gasteiger partial charge in [-0.2, -0.15) is 0 Å². The lowest BCUT2D eigenvalue weighted by Gasteiger charge is -2.27. The number of primary amides is 1. The van der Waals surface area contributed by atoms with Crippen molar-refractivity contribution in [3.63, 3.8) is 0 Å². The van der Waals surface area contributed by atoms with Crippen molar-refractivity contribution in [2.24, 2.45) is 33.4 Å². The molecule has 1 saturated heterocycles. The summed E-state index contributed by atoms with van der Waals surface area (Å²) in [6.45, 7) is 12.2. The Morgan fingerprint density at radius 3 is 1.79 bits per heavy atom. The van der Waals surface area contributed by atoms with Crippen LogP contribution in [0.3, 0.4) is 0 Å². The van der Waals surface area contributed by atoms with Crippen LogP contribution in [0.2, 0.25) is 0 Å². The number of rotatable bonds is 7. The Kier molecular flexibility index (Phi) is 14.9. The third kappa shape index (κ3) is 9.26. The van der Waals surface area contributed by atoms with Gasteiger partial charge < -0.3 is 20.1 Å². The highest BCUT2D eigenvalue weighted by atomic mass is 35.5. The van der Waals surface area contributed by atoms with E-state index >= 15 is 0 Å². The van der Waals surface area contributed by atoms with Crippen molar-refractivity contribution >= 4 is 64.8 Å². The van der Waals surface area contributed by atoms with Crippen LogP contribution in [0.5, 0.6) is 0 Å². The van der Waals surface area contributed by atoms with Crippen LogP contribution >= 0.6 is 35.3 Å². The molecule has 0 spiro atoms. The van der Waals surface area contributed by atoms with Crippen molar-refractivity contribution in [1.29, 1.82) is 0 Å². The Bertz CT molecular complexity index is 1520. The van der Waals surface area contributed by atoms with Gasteiger partial charge in [0.2, 0.25) is 5.91 Å². The number of halogens is 3. The minimum absolute atomic E-state index is 0.0229. The monoisotopic (exact) mass is 734 g/mol. The van der Waals surface area contributed by atoms with Crippen LogP contribution in [0.25, 0.3) is 0 Å². The minimum Gasteiger partial charge on any atom is -0.469 e. The Morgan fingerprint density at radius 2 is 1.38 bits per heavy atom. The average molecular weight is 736 g/mol. The van der Waals surface area contributed by atoms with Crippen LogP contribution < -0.4 is 22.8 Å². The molecule has 1 aromatic heterocycles. The molecule has 4 atom stereocenters. The number of methoxy groups -OCH3 is 2. The highest BCUT2D eigenvalue weighted by Crippen LogP contribution is 2.57. The number of ketones is 1. The number of nitrogens with two attached hydrogens (primary N) is 1. The SMILES string of the molecule is C1CCC2=NCCCN2CC1.C=C[C@H]1C[C@@]1(C(N)=O)C(=O)OC.C=C[C@H]1C[C@@]1(CC(C)=O)C(=O)OC.O=c1n(Cl)c(=O)n(Cl)c(=O)n1Cl. The maximum atomic E-state index is 11.4. The van der Waals surface area contributed by atoms with Crippen molar-refractivity contribution in [3.05, 3.63) is 56.8 Å². The van der Waals surface area contributed by atoms with Gasteiger partial charge in [-0.1, -0.05) is 18.6 Å². The molecule has 5 rings (SSSR count). The van der Waals surface area contributed by atoms with Gasteiger partial charge in [-0.05, 0) is 44.9 Å². The lowest BCUT2D eigenvalue weighted by molar-refractivity contribution is -0.151. The predicted molar refractivity (Wildman–Crippen MR) is 180 cm³/mol. The Labute approximate surface area is 292 Å². The summed E-state index contributed by atoms with van der Waals surface area (Å²) >= 11 is 15.3. The molecule has 3 heterocycles. The number of amides is 1. The van der Waals surface area contributed by atoms with Crippen LogP contribution in [0.15, 0.2) is 44.7 Å². The number of Topliss-reactive ketones (excluding diaryl/α,β-unsaturated/α-hetero) is 1. The van der Waals surface area contributed by atoms with Crippen LogP contribution in [-0.4, -0.2) is 80.5 Å². The maximum absolute atomic E-state index is 11.4. The van der Waals surface area contributed by atoms with E-state index in [9.17, 15) is 33.6 Å². The summed E-state index contributed by atoms with van der Waals surface area (Å²) in [5.74, 6) is -0.0819. The van der Waals surface area contributed by atoms with Crippen molar-refractivity contribution in [3.8, 4) is 0 Å². The minimum atomic E-state index is -1.16.